The van der Waals surface area contributed by atoms with Crippen molar-refractivity contribution in [2.45, 2.75) is 58.0 Å². The topological polar surface area (TPSA) is 38.1 Å². The molecule has 23 heavy (non-hydrogen) atoms. The van der Waals surface area contributed by atoms with E-state index in [2.05, 4.69) is 40.6 Å². The minimum Gasteiger partial charge on any atom is -0.338 e. The maximum atomic E-state index is 12.6. The molecule has 1 aliphatic heterocycles. The van der Waals surface area contributed by atoms with Crippen molar-refractivity contribution in [3.8, 4) is 0 Å². The highest BCUT2D eigenvalue weighted by Crippen LogP contribution is 2.21. The zero-order valence-electron chi connectivity index (χ0n) is 13.8. The van der Waals surface area contributed by atoms with Crippen molar-refractivity contribution < 1.29 is 4.79 Å². The monoisotopic (exact) mass is 331 g/mol. The summed E-state index contributed by atoms with van der Waals surface area (Å²) in [6.07, 6.45) is 10.0. The van der Waals surface area contributed by atoms with Crippen LogP contribution >= 0.6 is 11.3 Å². The Morgan fingerprint density at radius 2 is 2.35 bits per heavy atom. The van der Waals surface area contributed by atoms with Gasteiger partial charge in [0.1, 0.15) is 0 Å². The van der Waals surface area contributed by atoms with Crippen molar-refractivity contribution in [3.05, 3.63) is 40.3 Å². The quantitative estimate of drug-likeness (QED) is 0.810. The Labute approximate surface area is 142 Å². The number of piperidine rings is 1. The largest absolute Gasteiger partial charge is 0.338 e. The van der Waals surface area contributed by atoms with Crippen LogP contribution in [0.15, 0.2) is 29.9 Å². The van der Waals surface area contributed by atoms with Crippen LogP contribution in [-0.4, -0.2) is 33.2 Å². The second-order valence-corrected chi connectivity index (χ2v) is 7.44. The standard InChI is InChI=1S/C18H25N3OS/c1-15-12-19-20(13-15)14-16-6-2-3-10-21(16)18(22)9-4-7-17-8-5-11-23-17/h5,8,11-13,16H,2-4,6-7,9-10,14H2,1H3/t16-/m1/s1. The summed E-state index contributed by atoms with van der Waals surface area (Å²) >= 11 is 1.78. The van der Waals surface area contributed by atoms with Crippen molar-refractivity contribution >= 4 is 17.2 Å². The van der Waals surface area contributed by atoms with Crippen LogP contribution in [0.25, 0.3) is 0 Å². The number of rotatable bonds is 6. The molecule has 3 rings (SSSR count). The first kappa shape index (κ1) is 16.2. The number of thiophene rings is 1. The number of hydrogen-bond donors (Lipinski definition) is 0. The predicted octanol–water partition coefficient (Wildman–Crippen LogP) is 3.66. The van der Waals surface area contributed by atoms with E-state index in [9.17, 15) is 4.79 Å². The smallest absolute Gasteiger partial charge is 0.222 e. The van der Waals surface area contributed by atoms with Gasteiger partial charge in [-0.25, -0.2) is 0 Å². The van der Waals surface area contributed by atoms with Gasteiger partial charge >= 0.3 is 0 Å². The highest BCUT2D eigenvalue weighted by Gasteiger charge is 2.26. The number of likely N-dealkylation sites (tertiary alicyclic amines) is 1. The number of carbonyl (C=O) groups is 1. The lowest BCUT2D eigenvalue weighted by atomic mass is 10.0. The van der Waals surface area contributed by atoms with E-state index in [0.717, 1.165) is 38.8 Å². The molecule has 4 nitrogen and oxygen atoms in total. The number of nitrogens with zero attached hydrogens (tertiary/aromatic N) is 3. The fourth-order valence-electron chi connectivity index (χ4n) is 3.31. The van der Waals surface area contributed by atoms with E-state index in [4.69, 9.17) is 0 Å². The third kappa shape index (κ3) is 4.44. The minimum atomic E-state index is 0.303. The Balaban J connectivity index is 1.53. The van der Waals surface area contributed by atoms with Crippen LogP contribution < -0.4 is 0 Å². The maximum Gasteiger partial charge on any atom is 0.222 e. The molecule has 124 valence electrons. The molecule has 1 aliphatic rings. The molecule has 3 heterocycles. The Bertz CT molecular complexity index is 620. The average molecular weight is 331 g/mol. The van der Waals surface area contributed by atoms with Crippen LogP contribution in [-0.2, 0) is 17.8 Å². The van der Waals surface area contributed by atoms with Crippen molar-refractivity contribution in [2.24, 2.45) is 0 Å². The van der Waals surface area contributed by atoms with Gasteiger partial charge in [0.15, 0.2) is 0 Å². The van der Waals surface area contributed by atoms with Gasteiger partial charge in [-0.1, -0.05) is 6.07 Å². The predicted molar refractivity (Wildman–Crippen MR) is 93.6 cm³/mol. The average Bonchev–Trinajstić information content (AvgIpc) is 3.20. The van der Waals surface area contributed by atoms with Crippen LogP contribution in [0.1, 0.15) is 42.5 Å². The molecule has 0 aromatic carbocycles. The molecule has 1 saturated heterocycles. The zero-order chi connectivity index (χ0) is 16.1. The summed E-state index contributed by atoms with van der Waals surface area (Å²) in [6.45, 7) is 3.78. The molecule has 1 atom stereocenters. The van der Waals surface area contributed by atoms with Gasteiger partial charge in [0.25, 0.3) is 0 Å². The molecule has 2 aromatic rings. The summed E-state index contributed by atoms with van der Waals surface area (Å²) in [4.78, 5) is 16.1. The summed E-state index contributed by atoms with van der Waals surface area (Å²) in [5.74, 6) is 0.315. The van der Waals surface area contributed by atoms with Gasteiger partial charge in [0.2, 0.25) is 5.91 Å². The Morgan fingerprint density at radius 1 is 1.43 bits per heavy atom. The molecule has 0 N–H and O–H groups in total. The molecular weight excluding hydrogens is 306 g/mol. The third-order valence-corrected chi connectivity index (χ3v) is 5.44. The zero-order valence-corrected chi connectivity index (χ0v) is 14.6. The van der Waals surface area contributed by atoms with E-state index < -0.39 is 0 Å². The lowest BCUT2D eigenvalue weighted by Gasteiger charge is -2.36. The lowest BCUT2D eigenvalue weighted by Crippen LogP contribution is -2.45. The van der Waals surface area contributed by atoms with E-state index in [1.165, 1.54) is 16.9 Å². The fraction of sp³-hybridized carbons (Fsp3) is 0.556. The molecule has 0 aliphatic carbocycles. The Morgan fingerprint density at radius 3 is 3.09 bits per heavy atom. The van der Waals surface area contributed by atoms with Crippen LogP contribution in [0, 0.1) is 6.92 Å². The van der Waals surface area contributed by atoms with Crippen LogP contribution in [0.4, 0.5) is 0 Å². The molecule has 0 saturated carbocycles. The number of hydrogen-bond acceptors (Lipinski definition) is 3. The van der Waals surface area contributed by atoms with Crippen molar-refractivity contribution in [2.75, 3.05) is 6.54 Å². The number of aryl methyl sites for hydroxylation is 2. The second kappa shape index (κ2) is 7.77. The molecule has 0 radical (unpaired) electrons. The lowest BCUT2D eigenvalue weighted by molar-refractivity contribution is -0.135. The SMILES string of the molecule is Cc1cnn(C[C@H]2CCCCN2C(=O)CCCc2cccs2)c1. The van der Waals surface area contributed by atoms with Gasteiger partial charge in [0, 0.05) is 24.0 Å². The van der Waals surface area contributed by atoms with Crippen LogP contribution in [0.3, 0.4) is 0 Å². The van der Waals surface area contributed by atoms with Gasteiger partial charge in [-0.15, -0.1) is 11.3 Å². The van der Waals surface area contributed by atoms with E-state index in [1.54, 1.807) is 11.3 Å². The first-order chi connectivity index (χ1) is 11.2. The summed E-state index contributed by atoms with van der Waals surface area (Å²) in [7, 11) is 0. The van der Waals surface area contributed by atoms with Crippen LogP contribution in [0.2, 0.25) is 0 Å². The number of amides is 1. The van der Waals surface area contributed by atoms with Crippen LogP contribution in [0.5, 0.6) is 0 Å². The highest BCUT2D eigenvalue weighted by molar-refractivity contribution is 7.09. The van der Waals surface area contributed by atoms with Gasteiger partial charge in [-0.3, -0.25) is 9.48 Å². The van der Waals surface area contributed by atoms with Crippen molar-refractivity contribution in [3.63, 3.8) is 0 Å². The number of aromatic nitrogens is 2. The van der Waals surface area contributed by atoms with Gasteiger partial charge < -0.3 is 4.90 Å². The molecular formula is C18H25N3OS. The summed E-state index contributed by atoms with van der Waals surface area (Å²) in [6, 6.07) is 4.53. The molecule has 1 fully saturated rings. The maximum absolute atomic E-state index is 12.6. The molecule has 5 heteroatoms. The van der Waals surface area contributed by atoms with Gasteiger partial charge in [-0.05, 0) is 56.0 Å². The van der Waals surface area contributed by atoms with Gasteiger partial charge in [0.05, 0.1) is 18.8 Å². The molecule has 1 amide bonds. The number of carbonyl (C=O) groups excluding carboxylic acids is 1. The van der Waals surface area contributed by atoms with Crippen molar-refractivity contribution in [1.29, 1.82) is 0 Å². The summed E-state index contributed by atoms with van der Waals surface area (Å²) < 4.78 is 1.98. The Kier molecular flexibility index (Phi) is 5.49. The highest BCUT2D eigenvalue weighted by atomic mass is 32.1. The minimum absolute atomic E-state index is 0.303. The second-order valence-electron chi connectivity index (χ2n) is 6.41. The summed E-state index contributed by atoms with van der Waals surface area (Å²) in [5.41, 5.74) is 1.18. The normalized spacial score (nSPS) is 18.3. The first-order valence-corrected chi connectivity index (χ1v) is 9.41. The molecule has 0 unspecified atom stereocenters. The first-order valence-electron chi connectivity index (χ1n) is 8.53. The summed E-state index contributed by atoms with van der Waals surface area (Å²) in [5, 5.41) is 6.48. The molecule has 0 bridgehead atoms. The van der Waals surface area contributed by atoms with E-state index >= 15 is 0 Å². The Hall–Kier alpha value is -1.62. The van der Waals surface area contributed by atoms with Crippen molar-refractivity contribution in [1.82, 2.24) is 14.7 Å². The van der Waals surface area contributed by atoms with Gasteiger partial charge in [-0.2, -0.15) is 5.10 Å². The van der Waals surface area contributed by atoms with E-state index in [1.807, 2.05) is 10.9 Å². The third-order valence-electron chi connectivity index (χ3n) is 4.50. The molecule has 0 spiro atoms. The fourth-order valence-corrected chi connectivity index (χ4v) is 4.06. The van der Waals surface area contributed by atoms with E-state index in [-0.39, 0.29) is 0 Å². The molecule has 2 aromatic heterocycles. The van der Waals surface area contributed by atoms with E-state index in [0.29, 0.717) is 18.4 Å².